The largest absolute Gasteiger partial charge is 0.352 e. The van der Waals surface area contributed by atoms with Crippen LogP contribution in [-0.4, -0.2) is 17.4 Å². The number of hydrogen-bond acceptors (Lipinski definition) is 3. The summed E-state index contributed by atoms with van der Waals surface area (Å²) in [6, 6.07) is 6.75. The SMILES string of the molecule is Cc1nc(/C=C/C(=O)NCC2(c3ccc(F)cc3)CCCCC2)cs1. The Balaban J connectivity index is 1.67. The number of thiazole rings is 1. The summed E-state index contributed by atoms with van der Waals surface area (Å²) in [7, 11) is 0. The van der Waals surface area contributed by atoms with Crippen molar-refractivity contribution in [3.8, 4) is 0 Å². The standard InChI is InChI=1S/C20H23FN2OS/c1-15-23-18(13-25-15)9-10-19(24)22-14-20(11-3-2-4-12-20)16-5-7-17(21)8-6-16/h5-10,13H,2-4,11-12,14H2,1H3,(H,22,24)/b10-9+. The van der Waals surface area contributed by atoms with Crippen LogP contribution in [0.1, 0.15) is 48.4 Å². The Hall–Kier alpha value is -2.01. The molecule has 3 nitrogen and oxygen atoms in total. The molecule has 132 valence electrons. The second kappa shape index (κ2) is 7.91. The summed E-state index contributed by atoms with van der Waals surface area (Å²) >= 11 is 1.57. The van der Waals surface area contributed by atoms with E-state index in [9.17, 15) is 9.18 Å². The number of halogens is 1. The minimum absolute atomic E-state index is 0.0906. The number of rotatable bonds is 5. The Morgan fingerprint density at radius 2 is 2.00 bits per heavy atom. The molecule has 1 aliphatic rings. The lowest BCUT2D eigenvalue weighted by molar-refractivity contribution is -0.116. The van der Waals surface area contributed by atoms with Crippen molar-refractivity contribution in [2.45, 2.75) is 44.4 Å². The highest BCUT2D eigenvalue weighted by Gasteiger charge is 2.34. The summed E-state index contributed by atoms with van der Waals surface area (Å²) in [6.45, 7) is 2.52. The predicted octanol–water partition coefficient (Wildman–Crippen LogP) is 4.62. The third-order valence-electron chi connectivity index (χ3n) is 4.91. The van der Waals surface area contributed by atoms with Crippen LogP contribution in [0.4, 0.5) is 4.39 Å². The first-order chi connectivity index (χ1) is 12.1. The van der Waals surface area contributed by atoms with Gasteiger partial charge in [-0.25, -0.2) is 9.37 Å². The number of amides is 1. The van der Waals surface area contributed by atoms with E-state index in [2.05, 4.69) is 10.3 Å². The summed E-state index contributed by atoms with van der Waals surface area (Å²) in [5.41, 5.74) is 1.84. The molecule has 1 N–H and O–H groups in total. The summed E-state index contributed by atoms with van der Waals surface area (Å²) in [6.07, 6.45) is 8.82. The summed E-state index contributed by atoms with van der Waals surface area (Å²) in [5.74, 6) is -0.335. The number of carbonyl (C=O) groups excluding carboxylic acids is 1. The molecule has 0 aliphatic heterocycles. The van der Waals surface area contributed by atoms with E-state index in [4.69, 9.17) is 0 Å². The van der Waals surface area contributed by atoms with E-state index < -0.39 is 0 Å². The van der Waals surface area contributed by atoms with Gasteiger partial charge in [-0.05, 0) is 43.5 Å². The molecule has 2 aromatic rings. The number of aryl methyl sites for hydroxylation is 1. The van der Waals surface area contributed by atoms with Gasteiger partial charge in [0.25, 0.3) is 0 Å². The first kappa shape index (κ1) is 17.8. The Labute approximate surface area is 152 Å². The van der Waals surface area contributed by atoms with Gasteiger partial charge in [-0.3, -0.25) is 4.79 Å². The van der Waals surface area contributed by atoms with Gasteiger partial charge in [0.15, 0.2) is 0 Å². The van der Waals surface area contributed by atoms with Gasteiger partial charge in [-0.1, -0.05) is 31.4 Å². The molecule has 1 fully saturated rings. The number of nitrogens with one attached hydrogen (secondary N) is 1. The molecule has 3 rings (SSSR count). The Bertz CT molecular complexity index is 745. The molecule has 0 bridgehead atoms. The molecule has 1 heterocycles. The topological polar surface area (TPSA) is 42.0 Å². The van der Waals surface area contributed by atoms with E-state index in [0.717, 1.165) is 41.9 Å². The van der Waals surface area contributed by atoms with Crippen LogP contribution < -0.4 is 5.32 Å². The van der Waals surface area contributed by atoms with Gasteiger partial charge in [0.1, 0.15) is 5.82 Å². The van der Waals surface area contributed by atoms with E-state index >= 15 is 0 Å². The maximum atomic E-state index is 13.3. The molecule has 25 heavy (non-hydrogen) atoms. The lowest BCUT2D eigenvalue weighted by Crippen LogP contribution is -2.41. The second-order valence-electron chi connectivity index (χ2n) is 6.69. The molecule has 1 amide bonds. The van der Waals surface area contributed by atoms with Gasteiger partial charge in [0.05, 0.1) is 10.7 Å². The second-order valence-corrected chi connectivity index (χ2v) is 7.75. The summed E-state index contributed by atoms with van der Waals surface area (Å²) in [4.78, 5) is 16.5. The van der Waals surface area contributed by atoms with Crippen LogP contribution in [-0.2, 0) is 10.2 Å². The summed E-state index contributed by atoms with van der Waals surface area (Å²) < 4.78 is 13.3. The van der Waals surface area contributed by atoms with Gasteiger partial charge < -0.3 is 5.32 Å². The van der Waals surface area contributed by atoms with E-state index in [1.54, 1.807) is 17.4 Å². The lowest BCUT2D eigenvalue weighted by atomic mass is 9.69. The molecular weight excluding hydrogens is 335 g/mol. The first-order valence-electron chi connectivity index (χ1n) is 8.72. The van der Waals surface area contributed by atoms with Crippen molar-refractivity contribution in [3.63, 3.8) is 0 Å². The Morgan fingerprint density at radius 1 is 1.28 bits per heavy atom. The van der Waals surface area contributed by atoms with Crippen molar-refractivity contribution in [1.82, 2.24) is 10.3 Å². The first-order valence-corrected chi connectivity index (χ1v) is 9.59. The molecule has 0 spiro atoms. The monoisotopic (exact) mass is 358 g/mol. The molecule has 1 aliphatic carbocycles. The quantitative estimate of drug-likeness (QED) is 0.792. The Kier molecular flexibility index (Phi) is 5.63. The van der Waals surface area contributed by atoms with Crippen LogP contribution in [0.25, 0.3) is 6.08 Å². The fourth-order valence-corrected chi connectivity index (χ4v) is 4.11. The van der Waals surface area contributed by atoms with Crippen molar-refractivity contribution >= 4 is 23.3 Å². The molecular formula is C20H23FN2OS. The highest BCUT2D eigenvalue weighted by Crippen LogP contribution is 2.39. The van der Waals surface area contributed by atoms with Crippen LogP contribution >= 0.6 is 11.3 Å². The number of hydrogen-bond donors (Lipinski definition) is 1. The zero-order valence-electron chi connectivity index (χ0n) is 14.4. The molecule has 0 saturated heterocycles. The molecule has 0 atom stereocenters. The minimum atomic E-state index is -0.222. The maximum absolute atomic E-state index is 13.3. The predicted molar refractivity (Wildman–Crippen MR) is 100 cm³/mol. The molecule has 5 heteroatoms. The number of nitrogens with zero attached hydrogens (tertiary/aromatic N) is 1. The van der Waals surface area contributed by atoms with Gasteiger partial charge in [-0.15, -0.1) is 11.3 Å². The van der Waals surface area contributed by atoms with Gasteiger partial charge >= 0.3 is 0 Å². The number of carbonyl (C=O) groups is 1. The lowest BCUT2D eigenvalue weighted by Gasteiger charge is -2.38. The van der Waals surface area contributed by atoms with Crippen molar-refractivity contribution < 1.29 is 9.18 Å². The third-order valence-corrected chi connectivity index (χ3v) is 5.70. The van der Waals surface area contributed by atoms with Crippen molar-refractivity contribution in [1.29, 1.82) is 0 Å². The van der Waals surface area contributed by atoms with E-state index in [-0.39, 0.29) is 17.1 Å². The van der Waals surface area contributed by atoms with Gasteiger partial charge in [0.2, 0.25) is 5.91 Å². The third kappa shape index (κ3) is 4.54. The van der Waals surface area contributed by atoms with Gasteiger partial charge in [-0.2, -0.15) is 0 Å². The average molecular weight is 358 g/mol. The molecule has 1 aromatic heterocycles. The van der Waals surface area contributed by atoms with Gasteiger partial charge in [0, 0.05) is 23.4 Å². The minimum Gasteiger partial charge on any atom is -0.352 e. The van der Waals surface area contributed by atoms with Crippen LogP contribution in [0, 0.1) is 12.7 Å². The smallest absolute Gasteiger partial charge is 0.244 e. The average Bonchev–Trinajstić information content (AvgIpc) is 3.05. The van der Waals surface area contributed by atoms with E-state index in [1.807, 2.05) is 24.4 Å². The number of benzene rings is 1. The van der Waals surface area contributed by atoms with Crippen molar-refractivity contribution in [3.05, 3.63) is 57.8 Å². The summed E-state index contributed by atoms with van der Waals surface area (Å²) in [5, 5.41) is 5.95. The van der Waals surface area contributed by atoms with E-state index in [1.165, 1.54) is 24.6 Å². The van der Waals surface area contributed by atoms with Crippen molar-refractivity contribution in [2.75, 3.05) is 6.54 Å². The van der Waals surface area contributed by atoms with Crippen LogP contribution in [0.3, 0.4) is 0 Å². The fraction of sp³-hybridized carbons (Fsp3) is 0.400. The van der Waals surface area contributed by atoms with Crippen molar-refractivity contribution in [2.24, 2.45) is 0 Å². The Morgan fingerprint density at radius 3 is 2.64 bits per heavy atom. The molecule has 0 radical (unpaired) electrons. The highest BCUT2D eigenvalue weighted by atomic mass is 32.1. The normalized spacial score (nSPS) is 16.9. The van der Waals surface area contributed by atoms with E-state index in [0.29, 0.717) is 6.54 Å². The highest BCUT2D eigenvalue weighted by molar-refractivity contribution is 7.09. The van der Waals surface area contributed by atoms with Crippen LogP contribution in [0.5, 0.6) is 0 Å². The fourth-order valence-electron chi connectivity index (χ4n) is 3.53. The molecule has 1 saturated carbocycles. The zero-order valence-corrected chi connectivity index (χ0v) is 15.2. The van der Waals surface area contributed by atoms with Crippen LogP contribution in [0.2, 0.25) is 0 Å². The molecule has 1 aromatic carbocycles. The number of aromatic nitrogens is 1. The molecule has 0 unspecified atom stereocenters. The maximum Gasteiger partial charge on any atom is 0.244 e. The van der Waals surface area contributed by atoms with Crippen LogP contribution in [0.15, 0.2) is 35.7 Å². The zero-order chi connectivity index (χ0) is 17.7.